The standard InChI is InChI=1S/C20H24N2O3/c1-15-20(23)22(18-13-17(24-2)9-10-19(18)25-3)12-11-21(15)14-16-7-5-4-6-8-16/h4-10,13,15H,11-12,14H2,1-3H3. The lowest BCUT2D eigenvalue weighted by molar-refractivity contribution is -0.125. The SMILES string of the molecule is COc1ccc(OC)c(N2CCN(Cc3ccccc3)C(C)C2=O)c1. The Kier molecular flexibility index (Phi) is 5.24. The summed E-state index contributed by atoms with van der Waals surface area (Å²) in [4.78, 5) is 17.0. The molecular formula is C20H24N2O3. The number of piperazine rings is 1. The van der Waals surface area contributed by atoms with Gasteiger partial charge in [0.15, 0.2) is 0 Å². The van der Waals surface area contributed by atoms with Crippen LogP contribution in [0.15, 0.2) is 48.5 Å². The van der Waals surface area contributed by atoms with Gasteiger partial charge in [-0.15, -0.1) is 0 Å². The second kappa shape index (κ2) is 7.57. The van der Waals surface area contributed by atoms with Crippen molar-refractivity contribution in [1.29, 1.82) is 0 Å². The fourth-order valence-electron chi connectivity index (χ4n) is 3.19. The zero-order valence-corrected chi connectivity index (χ0v) is 14.9. The molecule has 1 unspecified atom stereocenters. The van der Waals surface area contributed by atoms with E-state index in [1.807, 2.05) is 43.3 Å². The van der Waals surface area contributed by atoms with Gasteiger partial charge in [0, 0.05) is 25.7 Å². The molecule has 1 fully saturated rings. The molecule has 25 heavy (non-hydrogen) atoms. The maximum atomic E-state index is 13.0. The van der Waals surface area contributed by atoms with Crippen molar-refractivity contribution in [3.8, 4) is 11.5 Å². The summed E-state index contributed by atoms with van der Waals surface area (Å²) in [6, 6.07) is 15.6. The summed E-state index contributed by atoms with van der Waals surface area (Å²) >= 11 is 0. The molecule has 3 rings (SSSR count). The molecule has 2 aromatic rings. The number of carbonyl (C=O) groups excluding carboxylic acids is 1. The van der Waals surface area contributed by atoms with Crippen molar-refractivity contribution in [2.75, 3.05) is 32.2 Å². The van der Waals surface area contributed by atoms with Crippen molar-refractivity contribution in [2.24, 2.45) is 0 Å². The molecule has 0 aromatic heterocycles. The third kappa shape index (κ3) is 3.61. The van der Waals surface area contributed by atoms with Gasteiger partial charge in [-0.05, 0) is 24.6 Å². The predicted octanol–water partition coefficient (Wildman–Crippen LogP) is 2.94. The van der Waals surface area contributed by atoms with Crippen LogP contribution in [0, 0.1) is 0 Å². The van der Waals surface area contributed by atoms with E-state index in [0.717, 1.165) is 18.8 Å². The summed E-state index contributed by atoms with van der Waals surface area (Å²) in [5.74, 6) is 1.47. The van der Waals surface area contributed by atoms with Gasteiger partial charge in [0.25, 0.3) is 0 Å². The molecule has 1 aliphatic heterocycles. The summed E-state index contributed by atoms with van der Waals surface area (Å²) in [7, 11) is 3.23. The largest absolute Gasteiger partial charge is 0.497 e. The number of anilines is 1. The lowest BCUT2D eigenvalue weighted by Crippen LogP contribution is -2.55. The van der Waals surface area contributed by atoms with Crippen LogP contribution in [0.3, 0.4) is 0 Å². The molecule has 0 aliphatic carbocycles. The number of hydrogen-bond donors (Lipinski definition) is 0. The first-order valence-corrected chi connectivity index (χ1v) is 8.45. The molecule has 0 bridgehead atoms. The molecule has 5 nitrogen and oxygen atoms in total. The fourth-order valence-corrected chi connectivity index (χ4v) is 3.19. The van der Waals surface area contributed by atoms with Crippen molar-refractivity contribution in [3.63, 3.8) is 0 Å². The maximum Gasteiger partial charge on any atom is 0.244 e. The number of carbonyl (C=O) groups is 1. The predicted molar refractivity (Wildman–Crippen MR) is 98.2 cm³/mol. The molecule has 0 saturated carbocycles. The minimum Gasteiger partial charge on any atom is -0.497 e. The van der Waals surface area contributed by atoms with E-state index in [4.69, 9.17) is 9.47 Å². The van der Waals surface area contributed by atoms with E-state index in [1.54, 1.807) is 19.1 Å². The number of benzene rings is 2. The van der Waals surface area contributed by atoms with Gasteiger partial charge in [0.05, 0.1) is 25.9 Å². The molecule has 0 spiro atoms. The zero-order valence-electron chi connectivity index (χ0n) is 14.9. The van der Waals surface area contributed by atoms with Crippen LogP contribution in [0.2, 0.25) is 0 Å². The van der Waals surface area contributed by atoms with Crippen LogP contribution in [-0.2, 0) is 11.3 Å². The molecule has 0 N–H and O–H groups in total. The highest BCUT2D eigenvalue weighted by atomic mass is 16.5. The van der Waals surface area contributed by atoms with Gasteiger partial charge in [-0.3, -0.25) is 9.69 Å². The zero-order chi connectivity index (χ0) is 17.8. The fraction of sp³-hybridized carbons (Fsp3) is 0.350. The average Bonchev–Trinajstić information content (AvgIpc) is 2.66. The van der Waals surface area contributed by atoms with Gasteiger partial charge in [-0.1, -0.05) is 30.3 Å². The van der Waals surface area contributed by atoms with Gasteiger partial charge in [-0.25, -0.2) is 0 Å². The monoisotopic (exact) mass is 340 g/mol. The third-order valence-electron chi connectivity index (χ3n) is 4.69. The van der Waals surface area contributed by atoms with E-state index in [0.29, 0.717) is 18.0 Å². The molecule has 132 valence electrons. The number of ether oxygens (including phenoxy) is 2. The van der Waals surface area contributed by atoms with Crippen LogP contribution in [0.4, 0.5) is 5.69 Å². The topological polar surface area (TPSA) is 42.0 Å². The van der Waals surface area contributed by atoms with Gasteiger partial charge in [0.1, 0.15) is 11.5 Å². The lowest BCUT2D eigenvalue weighted by atomic mass is 10.1. The maximum absolute atomic E-state index is 13.0. The summed E-state index contributed by atoms with van der Waals surface area (Å²) in [6.07, 6.45) is 0. The first kappa shape index (κ1) is 17.3. The molecule has 2 aromatic carbocycles. The molecule has 1 saturated heterocycles. The van der Waals surface area contributed by atoms with E-state index in [9.17, 15) is 4.79 Å². The van der Waals surface area contributed by atoms with Gasteiger partial charge in [-0.2, -0.15) is 0 Å². The first-order chi connectivity index (χ1) is 12.1. The number of methoxy groups -OCH3 is 2. The van der Waals surface area contributed by atoms with Gasteiger partial charge in [0.2, 0.25) is 5.91 Å². The summed E-state index contributed by atoms with van der Waals surface area (Å²) in [5.41, 5.74) is 1.98. The third-order valence-corrected chi connectivity index (χ3v) is 4.69. The normalized spacial score (nSPS) is 18.3. The van der Waals surface area contributed by atoms with E-state index >= 15 is 0 Å². The molecule has 0 radical (unpaired) electrons. The van der Waals surface area contributed by atoms with Crippen LogP contribution < -0.4 is 14.4 Å². The van der Waals surface area contributed by atoms with Crippen LogP contribution >= 0.6 is 0 Å². The Labute approximate surface area is 148 Å². The number of nitrogens with zero attached hydrogens (tertiary/aromatic N) is 2. The summed E-state index contributed by atoms with van der Waals surface area (Å²) in [6.45, 7) is 4.17. The highest BCUT2D eigenvalue weighted by Crippen LogP contribution is 2.34. The molecular weight excluding hydrogens is 316 g/mol. The first-order valence-electron chi connectivity index (χ1n) is 8.45. The Balaban J connectivity index is 1.80. The average molecular weight is 340 g/mol. The Morgan fingerprint density at radius 1 is 1.04 bits per heavy atom. The molecule has 1 atom stereocenters. The Morgan fingerprint density at radius 3 is 2.48 bits per heavy atom. The minimum atomic E-state index is -0.190. The van der Waals surface area contributed by atoms with Crippen molar-refractivity contribution < 1.29 is 14.3 Å². The molecule has 1 heterocycles. The van der Waals surface area contributed by atoms with Crippen molar-refractivity contribution >= 4 is 11.6 Å². The summed E-state index contributed by atoms with van der Waals surface area (Å²) in [5, 5.41) is 0. The van der Waals surface area contributed by atoms with Gasteiger partial charge < -0.3 is 14.4 Å². The van der Waals surface area contributed by atoms with Crippen molar-refractivity contribution in [3.05, 3.63) is 54.1 Å². The van der Waals surface area contributed by atoms with Crippen molar-refractivity contribution in [2.45, 2.75) is 19.5 Å². The Morgan fingerprint density at radius 2 is 1.80 bits per heavy atom. The number of hydrogen-bond acceptors (Lipinski definition) is 4. The highest BCUT2D eigenvalue weighted by molar-refractivity contribution is 5.99. The van der Waals surface area contributed by atoms with E-state index in [2.05, 4.69) is 17.0 Å². The smallest absolute Gasteiger partial charge is 0.244 e. The summed E-state index contributed by atoms with van der Waals surface area (Å²) < 4.78 is 10.7. The minimum absolute atomic E-state index is 0.0775. The number of rotatable bonds is 5. The van der Waals surface area contributed by atoms with E-state index in [-0.39, 0.29) is 11.9 Å². The van der Waals surface area contributed by atoms with Crippen LogP contribution in [-0.4, -0.2) is 44.2 Å². The number of amides is 1. The Hall–Kier alpha value is -2.53. The molecule has 1 amide bonds. The highest BCUT2D eigenvalue weighted by Gasteiger charge is 2.33. The second-order valence-corrected chi connectivity index (χ2v) is 6.16. The Bertz CT molecular complexity index is 733. The second-order valence-electron chi connectivity index (χ2n) is 6.16. The van der Waals surface area contributed by atoms with Crippen molar-refractivity contribution in [1.82, 2.24) is 4.90 Å². The van der Waals surface area contributed by atoms with Crippen LogP contribution in [0.1, 0.15) is 12.5 Å². The van der Waals surface area contributed by atoms with E-state index in [1.165, 1.54) is 5.56 Å². The molecule has 1 aliphatic rings. The molecule has 5 heteroatoms. The van der Waals surface area contributed by atoms with E-state index < -0.39 is 0 Å². The van der Waals surface area contributed by atoms with Gasteiger partial charge >= 0.3 is 0 Å². The van der Waals surface area contributed by atoms with Crippen LogP contribution in [0.5, 0.6) is 11.5 Å². The lowest BCUT2D eigenvalue weighted by Gasteiger charge is -2.39. The van der Waals surface area contributed by atoms with Crippen LogP contribution in [0.25, 0.3) is 0 Å². The quantitative estimate of drug-likeness (QED) is 0.839.